The summed E-state index contributed by atoms with van der Waals surface area (Å²) in [7, 11) is 0. The molecule has 0 heterocycles. The van der Waals surface area contributed by atoms with Crippen molar-refractivity contribution in [1.82, 2.24) is 0 Å². The van der Waals surface area contributed by atoms with Gasteiger partial charge in [0.1, 0.15) is 5.75 Å². The predicted octanol–water partition coefficient (Wildman–Crippen LogP) is 2.52. The van der Waals surface area contributed by atoms with E-state index in [9.17, 15) is 0 Å². The van der Waals surface area contributed by atoms with Crippen molar-refractivity contribution in [3.63, 3.8) is 0 Å². The summed E-state index contributed by atoms with van der Waals surface area (Å²) >= 11 is 0. The summed E-state index contributed by atoms with van der Waals surface area (Å²) in [5.74, 6) is 0.953. The maximum absolute atomic E-state index is 5.64. The van der Waals surface area contributed by atoms with Gasteiger partial charge in [0, 0.05) is 13.2 Å². The summed E-state index contributed by atoms with van der Waals surface area (Å²) in [6, 6.07) is 8.13. The molecule has 0 aromatic heterocycles. The van der Waals surface area contributed by atoms with Gasteiger partial charge in [-0.15, -0.1) is 0 Å². The first-order chi connectivity index (χ1) is 8.33. The van der Waals surface area contributed by atoms with Crippen LogP contribution in [-0.4, -0.2) is 26.4 Å². The van der Waals surface area contributed by atoms with E-state index in [2.05, 4.69) is 19.1 Å². The van der Waals surface area contributed by atoms with Gasteiger partial charge >= 0.3 is 0 Å². The molecule has 0 aliphatic rings. The van der Waals surface area contributed by atoms with Crippen LogP contribution in [0.5, 0.6) is 5.75 Å². The number of hydrogen-bond donors (Lipinski definition) is 1. The average Bonchev–Trinajstić information content (AvgIpc) is 2.33. The molecule has 0 spiro atoms. The Kier molecular flexibility index (Phi) is 7.43. The molecule has 0 aliphatic heterocycles. The molecule has 0 atom stereocenters. The number of unbranched alkanes of at least 4 members (excludes halogenated alkanes) is 1. The summed E-state index contributed by atoms with van der Waals surface area (Å²) in [6.07, 6.45) is 3.01. The Hall–Kier alpha value is -1.06. The Bertz CT molecular complexity index is 302. The van der Waals surface area contributed by atoms with E-state index in [-0.39, 0.29) is 0 Å². The highest BCUT2D eigenvalue weighted by molar-refractivity contribution is 5.27. The number of benzene rings is 1. The lowest BCUT2D eigenvalue weighted by Gasteiger charge is -2.07. The molecule has 3 heteroatoms. The first-order valence-corrected chi connectivity index (χ1v) is 6.30. The first kappa shape index (κ1) is 14.0. The molecular weight excluding hydrogens is 214 g/mol. The summed E-state index contributed by atoms with van der Waals surface area (Å²) in [5.41, 5.74) is 6.60. The van der Waals surface area contributed by atoms with Gasteiger partial charge in [0.25, 0.3) is 0 Å². The van der Waals surface area contributed by atoms with Gasteiger partial charge in [-0.1, -0.05) is 12.1 Å². The van der Waals surface area contributed by atoms with Gasteiger partial charge in [0.05, 0.1) is 6.61 Å². The summed E-state index contributed by atoms with van der Waals surface area (Å²) in [6.45, 7) is 5.10. The van der Waals surface area contributed by atoms with Crippen LogP contribution < -0.4 is 10.5 Å². The third-order valence-corrected chi connectivity index (χ3v) is 2.43. The van der Waals surface area contributed by atoms with Gasteiger partial charge in [0.2, 0.25) is 0 Å². The van der Waals surface area contributed by atoms with Gasteiger partial charge in [-0.25, -0.2) is 0 Å². The van der Waals surface area contributed by atoms with Gasteiger partial charge in [0.15, 0.2) is 0 Å². The molecule has 1 aromatic rings. The van der Waals surface area contributed by atoms with Crippen LogP contribution in [0.1, 0.15) is 24.8 Å². The lowest BCUT2D eigenvalue weighted by atomic mass is 10.2. The second-order valence-electron chi connectivity index (χ2n) is 4.13. The minimum absolute atomic E-state index is 0.705. The molecule has 0 saturated carbocycles. The molecular formula is C14H23NO2. The molecule has 3 nitrogen and oxygen atoms in total. The summed E-state index contributed by atoms with van der Waals surface area (Å²) in [5, 5.41) is 0. The number of ether oxygens (including phenoxy) is 2. The van der Waals surface area contributed by atoms with Crippen LogP contribution in [0.3, 0.4) is 0 Å². The Morgan fingerprint density at radius 1 is 1.06 bits per heavy atom. The van der Waals surface area contributed by atoms with Crippen molar-refractivity contribution in [1.29, 1.82) is 0 Å². The van der Waals surface area contributed by atoms with Crippen molar-refractivity contribution in [2.75, 3.05) is 26.4 Å². The largest absolute Gasteiger partial charge is 0.494 e. The standard InChI is InChI=1S/C14H23NO2/c1-13-6-4-7-14(12-13)17-11-3-2-9-16-10-5-8-15/h4,6-7,12H,2-3,5,8-11,15H2,1H3. The smallest absolute Gasteiger partial charge is 0.119 e. The predicted molar refractivity (Wildman–Crippen MR) is 70.4 cm³/mol. The zero-order valence-corrected chi connectivity index (χ0v) is 10.7. The van der Waals surface area contributed by atoms with Crippen LogP contribution in [0.2, 0.25) is 0 Å². The van der Waals surface area contributed by atoms with Crippen LogP contribution in [0.15, 0.2) is 24.3 Å². The van der Waals surface area contributed by atoms with Crippen molar-refractivity contribution in [2.45, 2.75) is 26.2 Å². The molecule has 96 valence electrons. The topological polar surface area (TPSA) is 44.5 Å². The van der Waals surface area contributed by atoms with Crippen molar-refractivity contribution < 1.29 is 9.47 Å². The van der Waals surface area contributed by atoms with E-state index >= 15 is 0 Å². The molecule has 0 unspecified atom stereocenters. The number of aryl methyl sites for hydroxylation is 1. The maximum atomic E-state index is 5.64. The van der Waals surface area contributed by atoms with E-state index in [0.29, 0.717) is 6.54 Å². The average molecular weight is 237 g/mol. The maximum Gasteiger partial charge on any atom is 0.119 e. The molecule has 0 saturated heterocycles. The molecule has 0 fully saturated rings. The van der Waals surface area contributed by atoms with E-state index in [1.54, 1.807) is 0 Å². The number of rotatable bonds is 9. The summed E-state index contributed by atoms with van der Waals surface area (Å²) < 4.78 is 11.0. The molecule has 2 N–H and O–H groups in total. The number of hydrogen-bond acceptors (Lipinski definition) is 3. The van der Waals surface area contributed by atoms with Gasteiger partial charge < -0.3 is 15.2 Å². The minimum Gasteiger partial charge on any atom is -0.494 e. The van der Waals surface area contributed by atoms with Crippen molar-refractivity contribution >= 4 is 0 Å². The Morgan fingerprint density at radius 2 is 1.82 bits per heavy atom. The van der Waals surface area contributed by atoms with E-state index in [1.165, 1.54) is 5.56 Å². The van der Waals surface area contributed by atoms with Gasteiger partial charge in [-0.05, 0) is 50.4 Å². The number of nitrogens with two attached hydrogens (primary N) is 1. The van der Waals surface area contributed by atoms with Crippen LogP contribution in [0, 0.1) is 6.92 Å². The SMILES string of the molecule is Cc1cccc(OCCCCOCCCN)c1. The van der Waals surface area contributed by atoms with Gasteiger partial charge in [-0.2, -0.15) is 0 Å². The fraction of sp³-hybridized carbons (Fsp3) is 0.571. The van der Waals surface area contributed by atoms with E-state index in [4.69, 9.17) is 15.2 Å². The highest BCUT2D eigenvalue weighted by Gasteiger charge is 1.94. The van der Waals surface area contributed by atoms with Crippen LogP contribution in [0.25, 0.3) is 0 Å². The zero-order valence-electron chi connectivity index (χ0n) is 10.7. The van der Waals surface area contributed by atoms with Crippen LogP contribution in [-0.2, 0) is 4.74 Å². The molecule has 0 radical (unpaired) electrons. The minimum atomic E-state index is 0.705. The molecule has 0 bridgehead atoms. The Morgan fingerprint density at radius 3 is 2.59 bits per heavy atom. The molecule has 17 heavy (non-hydrogen) atoms. The van der Waals surface area contributed by atoms with E-state index in [1.807, 2.05) is 12.1 Å². The highest BCUT2D eigenvalue weighted by Crippen LogP contribution is 2.12. The highest BCUT2D eigenvalue weighted by atomic mass is 16.5. The lowest BCUT2D eigenvalue weighted by molar-refractivity contribution is 0.125. The molecule has 0 amide bonds. The van der Waals surface area contributed by atoms with E-state index < -0.39 is 0 Å². The second kappa shape index (κ2) is 9.02. The third-order valence-electron chi connectivity index (χ3n) is 2.43. The second-order valence-corrected chi connectivity index (χ2v) is 4.13. The molecule has 0 aliphatic carbocycles. The monoisotopic (exact) mass is 237 g/mol. The molecule has 1 aromatic carbocycles. The Labute approximate surface area is 104 Å². The fourth-order valence-electron chi connectivity index (χ4n) is 1.49. The summed E-state index contributed by atoms with van der Waals surface area (Å²) in [4.78, 5) is 0. The van der Waals surface area contributed by atoms with Crippen molar-refractivity contribution in [3.05, 3.63) is 29.8 Å². The zero-order chi connectivity index (χ0) is 12.3. The quantitative estimate of drug-likeness (QED) is 0.671. The Balaban J connectivity index is 1.97. The van der Waals surface area contributed by atoms with Crippen molar-refractivity contribution in [3.8, 4) is 5.75 Å². The first-order valence-electron chi connectivity index (χ1n) is 6.30. The van der Waals surface area contributed by atoms with Crippen molar-refractivity contribution in [2.24, 2.45) is 5.73 Å². The third kappa shape index (κ3) is 6.97. The lowest BCUT2D eigenvalue weighted by Crippen LogP contribution is -2.06. The van der Waals surface area contributed by atoms with Gasteiger partial charge in [-0.3, -0.25) is 0 Å². The van der Waals surface area contributed by atoms with Crippen LogP contribution >= 0.6 is 0 Å². The fourth-order valence-corrected chi connectivity index (χ4v) is 1.49. The van der Waals surface area contributed by atoms with E-state index in [0.717, 1.165) is 44.8 Å². The normalized spacial score (nSPS) is 10.5. The molecule has 1 rings (SSSR count). The van der Waals surface area contributed by atoms with Crippen LogP contribution in [0.4, 0.5) is 0 Å².